The maximum atomic E-state index is 12.4. The van der Waals surface area contributed by atoms with Crippen molar-refractivity contribution in [2.75, 3.05) is 38.1 Å². The molecule has 4 rings (SSSR count). The third-order valence-electron chi connectivity index (χ3n) is 4.78. The molecular formula is C20H23N5O. The summed E-state index contributed by atoms with van der Waals surface area (Å²) in [5, 5.41) is 0. The number of rotatable bonds is 5. The molecule has 6 nitrogen and oxygen atoms in total. The van der Waals surface area contributed by atoms with Crippen molar-refractivity contribution in [3.8, 4) is 0 Å². The van der Waals surface area contributed by atoms with Gasteiger partial charge in [-0.05, 0) is 17.7 Å². The normalized spacial score (nSPS) is 16.0. The van der Waals surface area contributed by atoms with E-state index in [4.69, 9.17) is 0 Å². The molecule has 0 spiro atoms. The summed E-state index contributed by atoms with van der Waals surface area (Å²) < 4.78 is 1.70. The first-order chi connectivity index (χ1) is 12.8. The molecule has 2 aromatic carbocycles. The van der Waals surface area contributed by atoms with E-state index in [1.165, 1.54) is 5.56 Å². The van der Waals surface area contributed by atoms with Gasteiger partial charge in [-0.1, -0.05) is 42.5 Å². The summed E-state index contributed by atoms with van der Waals surface area (Å²) in [6.45, 7) is 5.16. The Labute approximate surface area is 153 Å². The van der Waals surface area contributed by atoms with Crippen molar-refractivity contribution < 1.29 is 4.79 Å². The molecule has 134 valence electrons. The number of carbonyl (C=O) groups excluding carboxylic acids is 1. The summed E-state index contributed by atoms with van der Waals surface area (Å²) in [5.41, 5.74) is 6.05. The summed E-state index contributed by atoms with van der Waals surface area (Å²) in [6, 6.07) is 18.3. The molecule has 26 heavy (non-hydrogen) atoms. The Balaban J connectivity index is 1.27. The van der Waals surface area contributed by atoms with Gasteiger partial charge >= 0.3 is 0 Å². The molecule has 1 aliphatic heterocycles. The Bertz CT molecular complexity index is 868. The zero-order chi connectivity index (χ0) is 17.8. The van der Waals surface area contributed by atoms with Crippen LogP contribution in [0.25, 0.3) is 11.0 Å². The van der Waals surface area contributed by atoms with Crippen LogP contribution in [-0.2, 0) is 11.3 Å². The van der Waals surface area contributed by atoms with Crippen LogP contribution in [0.3, 0.4) is 0 Å². The van der Waals surface area contributed by atoms with Gasteiger partial charge in [-0.25, -0.2) is 9.66 Å². The highest BCUT2D eigenvalue weighted by molar-refractivity contribution is 5.87. The van der Waals surface area contributed by atoms with Gasteiger partial charge in [-0.2, -0.15) is 0 Å². The lowest BCUT2D eigenvalue weighted by atomic mass is 10.2. The number of hydrogen-bond donors (Lipinski definition) is 1. The minimum atomic E-state index is -0.00957. The van der Waals surface area contributed by atoms with Crippen LogP contribution in [0.15, 0.2) is 60.9 Å². The minimum Gasteiger partial charge on any atom is -0.297 e. The number of carbonyl (C=O) groups is 1. The molecule has 0 radical (unpaired) electrons. The van der Waals surface area contributed by atoms with Crippen LogP contribution < -0.4 is 5.43 Å². The molecular weight excluding hydrogens is 326 g/mol. The zero-order valence-corrected chi connectivity index (χ0v) is 14.7. The van der Waals surface area contributed by atoms with Gasteiger partial charge in [0.25, 0.3) is 5.91 Å². The van der Waals surface area contributed by atoms with Crippen molar-refractivity contribution in [2.45, 2.75) is 6.54 Å². The van der Waals surface area contributed by atoms with Crippen molar-refractivity contribution in [1.82, 2.24) is 19.5 Å². The SMILES string of the molecule is O=C(CN1CCN(Cc2ccccc2)CC1)Nn1cnc2ccccc21. The number of hydrogen-bond acceptors (Lipinski definition) is 4. The third kappa shape index (κ3) is 3.92. The highest BCUT2D eigenvalue weighted by Crippen LogP contribution is 2.11. The van der Waals surface area contributed by atoms with E-state index in [0.717, 1.165) is 43.8 Å². The molecule has 0 atom stereocenters. The first kappa shape index (κ1) is 16.8. The number of amides is 1. The molecule has 6 heteroatoms. The van der Waals surface area contributed by atoms with Gasteiger partial charge in [-0.3, -0.25) is 20.0 Å². The van der Waals surface area contributed by atoms with Crippen molar-refractivity contribution in [1.29, 1.82) is 0 Å². The largest absolute Gasteiger partial charge is 0.297 e. The van der Waals surface area contributed by atoms with E-state index in [1.807, 2.05) is 30.3 Å². The standard InChI is InChI=1S/C20H23N5O/c26-20(22-25-16-21-18-8-4-5-9-19(18)25)15-24-12-10-23(11-13-24)14-17-6-2-1-3-7-17/h1-9,16H,10-15H2,(H,22,26). The Morgan fingerprint density at radius 1 is 0.923 bits per heavy atom. The van der Waals surface area contributed by atoms with Gasteiger partial charge < -0.3 is 0 Å². The molecule has 0 bridgehead atoms. The lowest BCUT2D eigenvalue weighted by Crippen LogP contribution is -2.48. The number of aromatic nitrogens is 2. The molecule has 0 unspecified atom stereocenters. The molecule has 2 heterocycles. The van der Waals surface area contributed by atoms with Crippen LogP contribution in [0.2, 0.25) is 0 Å². The maximum Gasteiger partial charge on any atom is 0.253 e. The maximum absolute atomic E-state index is 12.4. The number of imidazole rings is 1. The summed E-state index contributed by atoms with van der Waals surface area (Å²) in [4.78, 5) is 21.3. The van der Waals surface area contributed by atoms with Crippen LogP contribution in [0.5, 0.6) is 0 Å². The predicted octanol–water partition coefficient (Wildman–Crippen LogP) is 1.92. The van der Waals surface area contributed by atoms with Crippen LogP contribution in [0.1, 0.15) is 5.56 Å². The summed E-state index contributed by atoms with van der Waals surface area (Å²) in [6.07, 6.45) is 1.65. The van der Waals surface area contributed by atoms with E-state index in [-0.39, 0.29) is 5.91 Å². The van der Waals surface area contributed by atoms with E-state index >= 15 is 0 Å². The van der Waals surface area contributed by atoms with Gasteiger partial charge in [0.1, 0.15) is 6.33 Å². The third-order valence-corrected chi connectivity index (χ3v) is 4.78. The molecule has 1 aliphatic rings. The first-order valence-electron chi connectivity index (χ1n) is 8.98. The molecule has 0 aliphatic carbocycles. The second-order valence-corrected chi connectivity index (χ2v) is 6.68. The molecule has 3 aromatic rings. The van der Waals surface area contributed by atoms with Crippen LogP contribution >= 0.6 is 0 Å². The number of nitrogens with one attached hydrogen (secondary N) is 1. The Hall–Kier alpha value is -2.70. The Kier molecular flexibility index (Phi) is 4.95. The average Bonchev–Trinajstić information content (AvgIpc) is 3.07. The second kappa shape index (κ2) is 7.68. The fourth-order valence-electron chi connectivity index (χ4n) is 3.37. The van der Waals surface area contributed by atoms with Crippen LogP contribution in [0, 0.1) is 0 Å². The number of nitrogens with zero attached hydrogens (tertiary/aromatic N) is 4. The number of fused-ring (bicyclic) bond motifs is 1. The van der Waals surface area contributed by atoms with Gasteiger partial charge in [0.2, 0.25) is 0 Å². The van der Waals surface area contributed by atoms with E-state index in [0.29, 0.717) is 6.54 Å². The number of piperazine rings is 1. The van der Waals surface area contributed by atoms with Crippen molar-refractivity contribution >= 4 is 16.9 Å². The number of para-hydroxylation sites is 2. The lowest BCUT2D eigenvalue weighted by Gasteiger charge is -2.34. The van der Waals surface area contributed by atoms with Gasteiger partial charge in [0.15, 0.2) is 0 Å². The van der Waals surface area contributed by atoms with Crippen molar-refractivity contribution in [2.24, 2.45) is 0 Å². The van der Waals surface area contributed by atoms with E-state index in [2.05, 4.69) is 44.5 Å². The Morgan fingerprint density at radius 3 is 2.42 bits per heavy atom. The highest BCUT2D eigenvalue weighted by Gasteiger charge is 2.19. The van der Waals surface area contributed by atoms with Crippen molar-refractivity contribution in [3.63, 3.8) is 0 Å². The second-order valence-electron chi connectivity index (χ2n) is 6.68. The number of benzene rings is 2. The van der Waals surface area contributed by atoms with Crippen molar-refractivity contribution in [3.05, 3.63) is 66.5 Å². The van der Waals surface area contributed by atoms with Gasteiger partial charge in [0, 0.05) is 32.7 Å². The topological polar surface area (TPSA) is 53.4 Å². The zero-order valence-electron chi connectivity index (χ0n) is 14.7. The first-order valence-corrected chi connectivity index (χ1v) is 8.98. The predicted molar refractivity (Wildman–Crippen MR) is 102 cm³/mol. The lowest BCUT2D eigenvalue weighted by molar-refractivity contribution is -0.118. The Morgan fingerprint density at radius 2 is 1.62 bits per heavy atom. The molecule has 1 amide bonds. The average molecular weight is 349 g/mol. The highest BCUT2D eigenvalue weighted by atomic mass is 16.2. The van der Waals surface area contributed by atoms with Crippen LogP contribution in [0.4, 0.5) is 0 Å². The monoisotopic (exact) mass is 349 g/mol. The smallest absolute Gasteiger partial charge is 0.253 e. The van der Waals surface area contributed by atoms with Crippen LogP contribution in [-0.4, -0.2) is 58.1 Å². The fraction of sp³-hybridized carbons (Fsp3) is 0.300. The van der Waals surface area contributed by atoms with Gasteiger partial charge in [-0.15, -0.1) is 0 Å². The molecule has 1 saturated heterocycles. The molecule has 1 aromatic heterocycles. The molecule has 1 N–H and O–H groups in total. The van der Waals surface area contributed by atoms with Gasteiger partial charge in [0.05, 0.1) is 17.6 Å². The summed E-state index contributed by atoms with van der Waals surface area (Å²) >= 11 is 0. The summed E-state index contributed by atoms with van der Waals surface area (Å²) in [5.74, 6) is -0.00957. The van der Waals surface area contributed by atoms with E-state index in [9.17, 15) is 4.79 Å². The fourth-order valence-corrected chi connectivity index (χ4v) is 3.37. The quantitative estimate of drug-likeness (QED) is 0.765. The van der Waals surface area contributed by atoms with E-state index < -0.39 is 0 Å². The molecule has 0 saturated carbocycles. The minimum absolute atomic E-state index is 0.00957. The molecule has 1 fully saturated rings. The summed E-state index contributed by atoms with van der Waals surface area (Å²) in [7, 11) is 0. The van der Waals surface area contributed by atoms with E-state index in [1.54, 1.807) is 11.0 Å².